The highest BCUT2D eigenvalue weighted by atomic mass is 32.2. The summed E-state index contributed by atoms with van der Waals surface area (Å²) in [5, 5.41) is 1.47. The van der Waals surface area contributed by atoms with E-state index in [-0.39, 0.29) is 4.08 Å². The molecule has 0 unspecified atom stereocenters. The molecule has 1 aromatic heterocycles. The third-order valence-electron chi connectivity index (χ3n) is 6.85. The van der Waals surface area contributed by atoms with Crippen LogP contribution >= 0.6 is 23.5 Å². The first-order valence-electron chi connectivity index (χ1n) is 9.78. The molecule has 4 heteroatoms. The van der Waals surface area contributed by atoms with Crippen molar-refractivity contribution >= 4 is 34.4 Å². The topological polar surface area (TPSA) is 19.0 Å². The number of benzene rings is 1. The van der Waals surface area contributed by atoms with E-state index >= 15 is 0 Å². The van der Waals surface area contributed by atoms with Crippen LogP contribution in [0.5, 0.6) is 0 Å². The number of aromatic amines is 1. The van der Waals surface area contributed by atoms with Crippen LogP contribution in [-0.2, 0) is 4.08 Å². The summed E-state index contributed by atoms with van der Waals surface area (Å²) >= 11 is 4.46. The second-order valence-corrected chi connectivity index (χ2v) is 11.2. The number of fused-ring (bicyclic) bond motifs is 6. The Morgan fingerprint density at radius 3 is 2.80 bits per heavy atom. The fourth-order valence-electron chi connectivity index (χ4n) is 5.74. The Kier molecular flexibility index (Phi) is 3.96. The van der Waals surface area contributed by atoms with Crippen molar-refractivity contribution in [1.82, 2.24) is 9.88 Å². The van der Waals surface area contributed by atoms with Crippen LogP contribution in [0.1, 0.15) is 56.3 Å². The Bertz CT molecular complexity index is 792. The molecule has 0 saturated carbocycles. The van der Waals surface area contributed by atoms with Crippen molar-refractivity contribution in [2.75, 3.05) is 25.1 Å². The minimum atomic E-state index is 0.247. The summed E-state index contributed by atoms with van der Waals surface area (Å²) in [5.74, 6) is 2.62. The van der Waals surface area contributed by atoms with E-state index < -0.39 is 0 Å². The monoisotopic (exact) mass is 372 g/mol. The van der Waals surface area contributed by atoms with E-state index in [1.807, 2.05) is 0 Å². The van der Waals surface area contributed by atoms with Crippen LogP contribution in [0, 0.1) is 5.41 Å². The van der Waals surface area contributed by atoms with Gasteiger partial charge in [0.25, 0.3) is 0 Å². The molecule has 0 bridgehead atoms. The van der Waals surface area contributed by atoms with Gasteiger partial charge in [0.15, 0.2) is 0 Å². The number of likely N-dealkylation sites (tertiary alicyclic amines) is 1. The summed E-state index contributed by atoms with van der Waals surface area (Å²) in [6.07, 6.45) is 6.73. The number of rotatable bonds is 1. The van der Waals surface area contributed by atoms with Gasteiger partial charge in [-0.3, -0.25) is 4.90 Å². The van der Waals surface area contributed by atoms with Crippen molar-refractivity contribution in [1.29, 1.82) is 0 Å². The lowest BCUT2D eigenvalue weighted by Crippen LogP contribution is -2.51. The largest absolute Gasteiger partial charge is 0.356 e. The molecule has 1 aromatic carbocycles. The van der Waals surface area contributed by atoms with E-state index in [4.69, 9.17) is 0 Å². The van der Waals surface area contributed by atoms with Gasteiger partial charge in [-0.25, -0.2) is 0 Å². The van der Waals surface area contributed by atoms with Crippen LogP contribution in [0.2, 0.25) is 0 Å². The molecule has 2 aromatic rings. The molecular weight excluding hydrogens is 344 g/mol. The van der Waals surface area contributed by atoms with Crippen molar-refractivity contribution < 1.29 is 0 Å². The molecule has 1 aliphatic carbocycles. The van der Waals surface area contributed by atoms with Gasteiger partial charge in [-0.1, -0.05) is 25.1 Å². The zero-order chi connectivity index (χ0) is 17.1. The van der Waals surface area contributed by atoms with Gasteiger partial charge in [-0.15, -0.1) is 23.5 Å². The Morgan fingerprint density at radius 2 is 2.00 bits per heavy atom. The molecule has 1 spiro atoms. The lowest BCUT2D eigenvalue weighted by molar-refractivity contribution is 0.00658. The summed E-state index contributed by atoms with van der Waals surface area (Å²) in [5.41, 5.74) is 4.95. The van der Waals surface area contributed by atoms with E-state index in [1.165, 1.54) is 61.1 Å². The summed E-state index contributed by atoms with van der Waals surface area (Å²) < 4.78 is 0.247. The molecule has 2 fully saturated rings. The number of hydrogen-bond acceptors (Lipinski definition) is 3. The fourth-order valence-corrected chi connectivity index (χ4v) is 9.38. The molecule has 5 rings (SSSR count). The number of nitrogens with zero attached hydrogens (tertiary/aromatic N) is 1. The zero-order valence-electron chi connectivity index (χ0n) is 15.3. The average Bonchev–Trinajstić information content (AvgIpc) is 3.03. The summed E-state index contributed by atoms with van der Waals surface area (Å²) in [7, 11) is 2.36. The first kappa shape index (κ1) is 16.6. The Hall–Kier alpha value is -0.580. The zero-order valence-corrected chi connectivity index (χ0v) is 16.9. The Labute approximate surface area is 159 Å². The normalized spacial score (nSPS) is 31.8. The first-order chi connectivity index (χ1) is 12.2. The summed E-state index contributed by atoms with van der Waals surface area (Å²) in [6.45, 7) is 3.68. The Balaban J connectivity index is 1.80. The highest BCUT2D eigenvalue weighted by Crippen LogP contribution is 2.67. The summed E-state index contributed by atoms with van der Waals surface area (Å²) in [6, 6.07) is 9.59. The highest BCUT2D eigenvalue weighted by Gasteiger charge is 2.56. The fraction of sp³-hybridized carbons (Fsp3) is 0.619. The van der Waals surface area contributed by atoms with Crippen molar-refractivity contribution in [2.45, 2.75) is 49.1 Å². The second-order valence-electron chi connectivity index (χ2n) is 8.14. The molecule has 25 heavy (non-hydrogen) atoms. The first-order valence-corrected chi connectivity index (χ1v) is 11.8. The molecule has 134 valence electrons. The number of piperidine rings is 1. The van der Waals surface area contributed by atoms with Crippen LogP contribution < -0.4 is 0 Å². The summed E-state index contributed by atoms with van der Waals surface area (Å²) in [4.78, 5) is 6.57. The van der Waals surface area contributed by atoms with Crippen LogP contribution in [0.15, 0.2) is 24.3 Å². The maximum atomic E-state index is 3.90. The van der Waals surface area contributed by atoms with Gasteiger partial charge in [0, 0.05) is 28.2 Å². The molecule has 2 nitrogen and oxygen atoms in total. The van der Waals surface area contributed by atoms with Crippen molar-refractivity contribution in [3.63, 3.8) is 0 Å². The Morgan fingerprint density at radius 1 is 1.20 bits per heavy atom. The van der Waals surface area contributed by atoms with Crippen LogP contribution in [0.3, 0.4) is 0 Å². The number of nitrogens with one attached hydrogen (secondary N) is 1. The second kappa shape index (κ2) is 5.97. The smallest absolute Gasteiger partial charge is 0.102 e. The molecule has 1 N–H and O–H groups in total. The van der Waals surface area contributed by atoms with Gasteiger partial charge in [0.1, 0.15) is 4.08 Å². The molecule has 3 aliphatic rings. The predicted octanol–water partition coefficient (Wildman–Crippen LogP) is 5.76. The number of aromatic nitrogens is 1. The maximum absolute atomic E-state index is 3.90. The molecular formula is C21H28N2S2. The van der Waals surface area contributed by atoms with Gasteiger partial charge >= 0.3 is 0 Å². The third-order valence-corrected chi connectivity index (χ3v) is 10.2. The average molecular weight is 373 g/mol. The lowest BCUT2D eigenvalue weighted by Gasteiger charge is -2.57. The molecule has 2 aliphatic heterocycles. The highest BCUT2D eigenvalue weighted by molar-refractivity contribution is 8.18. The van der Waals surface area contributed by atoms with E-state index in [0.717, 1.165) is 0 Å². The van der Waals surface area contributed by atoms with Crippen molar-refractivity contribution in [3.05, 3.63) is 35.5 Å². The van der Waals surface area contributed by atoms with Crippen molar-refractivity contribution in [2.24, 2.45) is 5.41 Å². The maximum Gasteiger partial charge on any atom is 0.102 e. The van der Waals surface area contributed by atoms with Gasteiger partial charge < -0.3 is 4.98 Å². The van der Waals surface area contributed by atoms with Gasteiger partial charge in [0.2, 0.25) is 0 Å². The van der Waals surface area contributed by atoms with E-state index in [2.05, 4.69) is 71.6 Å². The number of hydrogen-bond donors (Lipinski definition) is 1. The van der Waals surface area contributed by atoms with Crippen LogP contribution in [0.25, 0.3) is 10.9 Å². The van der Waals surface area contributed by atoms with Gasteiger partial charge in [0.05, 0.1) is 0 Å². The molecule has 0 radical (unpaired) electrons. The molecule has 2 atom stereocenters. The quantitative estimate of drug-likeness (QED) is 0.687. The number of H-pyrrole nitrogens is 1. The molecule has 2 saturated heterocycles. The van der Waals surface area contributed by atoms with Crippen LogP contribution in [-0.4, -0.2) is 35.0 Å². The standard InChI is InChI=1S/C21H28N2S2/c1-3-20-10-6-11-23(2)19(20)17-15-8-4-5-9-16(15)22-18(17)21(14-20)24-12-7-13-25-21/h4-5,8-9,19,22H,3,6-7,10-14H2,1-2H3/t19-,20+/m1/s1. The predicted molar refractivity (Wildman–Crippen MR) is 111 cm³/mol. The van der Waals surface area contributed by atoms with Crippen molar-refractivity contribution in [3.8, 4) is 0 Å². The van der Waals surface area contributed by atoms with E-state index in [0.29, 0.717) is 11.5 Å². The third kappa shape index (κ3) is 2.30. The SMILES string of the molecule is CC[C@@]12CCCN(C)[C@@H]1c1c([nH]c3ccccc13)C1(C2)SCCCS1. The van der Waals surface area contributed by atoms with E-state index in [1.54, 1.807) is 11.3 Å². The van der Waals surface area contributed by atoms with Crippen LogP contribution in [0.4, 0.5) is 0 Å². The van der Waals surface area contributed by atoms with E-state index in [9.17, 15) is 0 Å². The minimum absolute atomic E-state index is 0.247. The number of para-hydroxylation sites is 1. The molecule has 3 heterocycles. The molecule has 0 amide bonds. The lowest BCUT2D eigenvalue weighted by atomic mass is 9.62. The van der Waals surface area contributed by atoms with Gasteiger partial charge in [-0.2, -0.15) is 0 Å². The number of thioether (sulfide) groups is 2. The van der Waals surface area contributed by atoms with Gasteiger partial charge in [-0.05, 0) is 68.7 Å². The minimum Gasteiger partial charge on any atom is -0.356 e.